The number of hydrogen-bond acceptors (Lipinski definition) is 5. The predicted molar refractivity (Wildman–Crippen MR) is 55.3 cm³/mol. The maximum Gasteiger partial charge on any atom is 0.205 e. The lowest BCUT2D eigenvalue weighted by Gasteiger charge is -2.10. The highest BCUT2D eigenvalue weighted by Gasteiger charge is 2.11. The minimum absolute atomic E-state index is 0.595. The van der Waals surface area contributed by atoms with Crippen molar-refractivity contribution in [1.82, 2.24) is 19.5 Å². The van der Waals surface area contributed by atoms with Crippen LogP contribution in [0.1, 0.15) is 0 Å². The molecule has 0 fully saturated rings. The number of aromatic nitrogens is 4. The number of nitrogens with one attached hydrogen (secondary N) is 1. The second-order valence-electron chi connectivity index (χ2n) is 2.80. The van der Waals surface area contributed by atoms with E-state index in [9.17, 15) is 0 Å². The van der Waals surface area contributed by atoms with E-state index < -0.39 is 0 Å². The Labute approximate surface area is 87.0 Å². The van der Waals surface area contributed by atoms with E-state index in [0.717, 1.165) is 0 Å². The summed E-state index contributed by atoms with van der Waals surface area (Å²) in [5.41, 5.74) is 0. The van der Waals surface area contributed by atoms with Crippen LogP contribution in [0.5, 0.6) is 5.75 Å². The van der Waals surface area contributed by atoms with Crippen molar-refractivity contribution in [3.8, 4) is 11.6 Å². The molecule has 0 radical (unpaired) electrons. The van der Waals surface area contributed by atoms with E-state index in [0.29, 0.717) is 17.4 Å². The molecule has 0 saturated carbocycles. The third-order valence-corrected chi connectivity index (χ3v) is 1.97. The van der Waals surface area contributed by atoms with Crippen LogP contribution in [0.25, 0.3) is 5.82 Å². The van der Waals surface area contributed by atoms with E-state index in [1.54, 1.807) is 37.4 Å². The Kier molecular flexibility index (Phi) is 2.49. The summed E-state index contributed by atoms with van der Waals surface area (Å²) >= 11 is 0. The molecule has 0 bridgehead atoms. The van der Waals surface area contributed by atoms with Gasteiger partial charge in [0.1, 0.15) is 12.7 Å². The van der Waals surface area contributed by atoms with Crippen molar-refractivity contribution < 1.29 is 4.74 Å². The van der Waals surface area contributed by atoms with Gasteiger partial charge < -0.3 is 10.1 Å². The molecule has 6 heteroatoms. The average Bonchev–Trinajstić information content (AvgIpc) is 2.81. The number of methoxy groups -OCH3 is 1. The van der Waals surface area contributed by atoms with Gasteiger partial charge in [-0.2, -0.15) is 0 Å². The van der Waals surface area contributed by atoms with Crippen molar-refractivity contribution in [2.24, 2.45) is 0 Å². The molecule has 0 aromatic carbocycles. The first kappa shape index (κ1) is 9.45. The summed E-state index contributed by atoms with van der Waals surface area (Å²) in [4.78, 5) is 12.2. The number of rotatable bonds is 3. The molecule has 0 unspecified atom stereocenters. The molecule has 15 heavy (non-hydrogen) atoms. The van der Waals surface area contributed by atoms with E-state index >= 15 is 0 Å². The van der Waals surface area contributed by atoms with Crippen LogP contribution in [0, 0.1) is 0 Å². The summed E-state index contributed by atoms with van der Waals surface area (Å²) in [6.45, 7) is 0. The molecule has 2 aromatic heterocycles. The molecule has 1 N–H and O–H groups in total. The largest absolute Gasteiger partial charge is 0.490 e. The van der Waals surface area contributed by atoms with Crippen molar-refractivity contribution in [2.75, 3.05) is 19.5 Å². The normalized spacial score (nSPS) is 10.0. The van der Waals surface area contributed by atoms with Crippen LogP contribution >= 0.6 is 0 Å². The molecule has 0 atom stereocenters. The van der Waals surface area contributed by atoms with Crippen molar-refractivity contribution in [2.45, 2.75) is 0 Å². The number of imidazole rings is 1. The molecule has 0 aliphatic heterocycles. The second kappa shape index (κ2) is 3.95. The lowest BCUT2D eigenvalue weighted by molar-refractivity contribution is 0.410. The highest BCUT2D eigenvalue weighted by Crippen LogP contribution is 2.26. The van der Waals surface area contributed by atoms with E-state index in [2.05, 4.69) is 20.3 Å². The first-order valence-electron chi connectivity index (χ1n) is 4.42. The van der Waals surface area contributed by atoms with Gasteiger partial charge in [-0.05, 0) is 0 Å². The van der Waals surface area contributed by atoms with Crippen LogP contribution < -0.4 is 10.1 Å². The van der Waals surface area contributed by atoms with Gasteiger partial charge in [-0.1, -0.05) is 0 Å². The highest BCUT2D eigenvalue weighted by atomic mass is 16.5. The smallest absolute Gasteiger partial charge is 0.205 e. The molecular formula is C9H11N5O. The summed E-state index contributed by atoms with van der Waals surface area (Å²) in [5, 5.41) is 2.94. The molecule has 78 valence electrons. The number of hydrogen-bond donors (Lipinski definition) is 1. The van der Waals surface area contributed by atoms with Crippen LogP contribution in [0.3, 0.4) is 0 Å². The van der Waals surface area contributed by atoms with E-state index in [1.807, 2.05) is 0 Å². The third-order valence-electron chi connectivity index (χ3n) is 1.97. The Morgan fingerprint density at radius 3 is 2.87 bits per heavy atom. The van der Waals surface area contributed by atoms with Crippen molar-refractivity contribution in [3.63, 3.8) is 0 Å². The molecular weight excluding hydrogens is 194 g/mol. The Bertz CT molecular complexity index is 440. The fraction of sp³-hybridized carbons (Fsp3) is 0.222. The van der Waals surface area contributed by atoms with Gasteiger partial charge in [0.05, 0.1) is 7.11 Å². The van der Waals surface area contributed by atoms with E-state index in [-0.39, 0.29) is 0 Å². The zero-order valence-electron chi connectivity index (χ0n) is 8.51. The predicted octanol–water partition coefficient (Wildman–Crippen LogP) is 0.713. The van der Waals surface area contributed by atoms with Gasteiger partial charge in [-0.15, -0.1) is 0 Å². The Morgan fingerprint density at radius 2 is 2.27 bits per heavy atom. The molecule has 0 saturated heterocycles. The molecule has 0 aliphatic carbocycles. The standard InChI is InChI=1S/C9H11N5O/c1-10-8-7(15-2)9(13-5-12-8)14-4-3-11-6-14/h3-6H,1-2H3,(H,10,12,13). The SMILES string of the molecule is CNc1ncnc(-n2ccnc2)c1OC. The van der Waals surface area contributed by atoms with Crippen molar-refractivity contribution >= 4 is 5.82 Å². The maximum atomic E-state index is 5.26. The average molecular weight is 205 g/mol. The first-order valence-corrected chi connectivity index (χ1v) is 4.42. The van der Waals surface area contributed by atoms with Crippen molar-refractivity contribution in [1.29, 1.82) is 0 Å². The lowest BCUT2D eigenvalue weighted by atomic mass is 10.4. The van der Waals surface area contributed by atoms with E-state index in [4.69, 9.17) is 4.74 Å². The lowest BCUT2D eigenvalue weighted by Crippen LogP contribution is -2.04. The number of anilines is 1. The molecule has 0 spiro atoms. The van der Waals surface area contributed by atoms with Crippen LogP contribution in [0.2, 0.25) is 0 Å². The summed E-state index contributed by atoms with van der Waals surface area (Å²) in [7, 11) is 3.36. The maximum absolute atomic E-state index is 5.26. The zero-order chi connectivity index (χ0) is 10.7. The Hall–Kier alpha value is -2.11. The van der Waals surface area contributed by atoms with Crippen molar-refractivity contribution in [3.05, 3.63) is 25.0 Å². The summed E-state index contributed by atoms with van der Waals surface area (Å²) in [5.74, 6) is 1.91. The van der Waals surface area contributed by atoms with Crippen LogP contribution in [0.4, 0.5) is 5.82 Å². The fourth-order valence-electron chi connectivity index (χ4n) is 1.30. The van der Waals surface area contributed by atoms with Crippen LogP contribution in [-0.4, -0.2) is 33.7 Å². The molecule has 2 rings (SSSR count). The fourth-order valence-corrected chi connectivity index (χ4v) is 1.30. The topological polar surface area (TPSA) is 64.9 Å². The van der Waals surface area contributed by atoms with E-state index in [1.165, 1.54) is 6.33 Å². The monoisotopic (exact) mass is 205 g/mol. The van der Waals surface area contributed by atoms with Crippen LogP contribution in [0.15, 0.2) is 25.0 Å². The van der Waals surface area contributed by atoms with Gasteiger partial charge in [0.2, 0.25) is 5.75 Å². The van der Waals surface area contributed by atoms with Gasteiger partial charge in [0, 0.05) is 19.4 Å². The molecule has 0 amide bonds. The summed E-state index contributed by atoms with van der Waals surface area (Å²) in [6.07, 6.45) is 6.61. The molecule has 0 aliphatic rings. The summed E-state index contributed by atoms with van der Waals surface area (Å²) < 4.78 is 7.02. The zero-order valence-corrected chi connectivity index (χ0v) is 8.51. The highest BCUT2D eigenvalue weighted by molar-refractivity contribution is 5.57. The van der Waals surface area contributed by atoms with Gasteiger partial charge in [-0.3, -0.25) is 4.57 Å². The second-order valence-corrected chi connectivity index (χ2v) is 2.80. The minimum Gasteiger partial charge on any atom is -0.490 e. The third kappa shape index (κ3) is 1.61. The Balaban J connectivity index is 2.56. The van der Waals surface area contributed by atoms with Gasteiger partial charge >= 0.3 is 0 Å². The minimum atomic E-state index is 0.595. The van der Waals surface area contributed by atoms with Crippen LogP contribution in [-0.2, 0) is 0 Å². The number of ether oxygens (including phenoxy) is 1. The molecule has 2 aromatic rings. The Morgan fingerprint density at radius 1 is 1.40 bits per heavy atom. The van der Waals surface area contributed by atoms with Gasteiger partial charge in [0.25, 0.3) is 0 Å². The van der Waals surface area contributed by atoms with Gasteiger partial charge in [-0.25, -0.2) is 15.0 Å². The summed E-state index contributed by atoms with van der Waals surface area (Å²) in [6, 6.07) is 0. The van der Waals surface area contributed by atoms with Gasteiger partial charge in [0.15, 0.2) is 11.6 Å². The first-order chi connectivity index (χ1) is 7.36. The molecule has 6 nitrogen and oxygen atoms in total. The number of nitrogens with zero attached hydrogens (tertiary/aromatic N) is 4. The molecule has 2 heterocycles. The quantitative estimate of drug-likeness (QED) is 0.799.